The molecular formula is C27H37F7. The van der Waals surface area contributed by atoms with Gasteiger partial charge in [-0.25, -0.2) is 0 Å². The lowest BCUT2D eigenvalue weighted by atomic mass is 9.68. The predicted octanol–water partition coefficient (Wildman–Crippen LogP) is 9.72. The lowest BCUT2D eigenvalue weighted by Gasteiger charge is -2.38. The number of unbranched alkanes of at least 4 members (excludes halogenated alkanes) is 1. The highest BCUT2D eigenvalue weighted by Gasteiger charge is 2.72. The second kappa shape index (κ2) is 11.2. The van der Waals surface area contributed by atoms with E-state index in [1.807, 2.05) is 12.1 Å². The molecule has 0 amide bonds. The first kappa shape index (κ1) is 27.3. The van der Waals surface area contributed by atoms with Gasteiger partial charge in [-0.15, -0.1) is 0 Å². The summed E-state index contributed by atoms with van der Waals surface area (Å²) in [5, 5.41) is 0. The molecule has 3 rings (SSSR count). The number of hydrogen-bond acceptors (Lipinski definition) is 0. The van der Waals surface area contributed by atoms with E-state index in [2.05, 4.69) is 6.92 Å². The van der Waals surface area contributed by atoms with Gasteiger partial charge in [0.1, 0.15) is 0 Å². The van der Waals surface area contributed by atoms with Crippen molar-refractivity contribution in [3.05, 3.63) is 35.4 Å². The minimum absolute atomic E-state index is 0.343. The molecule has 0 heterocycles. The zero-order chi connectivity index (χ0) is 25.0. The molecule has 7 heteroatoms. The van der Waals surface area contributed by atoms with Crippen LogP contribution in [-0.2, 0) is 6.42 Å². The van der Waals surface area contributed by atoms with Crippen LogP contribution in [0, 0.1) is 17.8 Å². The van der Waals surface area contributed by atoms with Crippen molar-refractivity contribution in [1.82, 2.24) is 0 Å². The Morgan fingerprint density at radius 2 is 1.26 bits per heavy atom. The molecule has 0 radical (unpaired) electrons. The molecule has 194 valence electrons. The Morgan fingerprint density at radius 3 is 1.76 bits per heavy atom. The van der Waals surface area contributed by atoms with E-state index in [1.165, 1.54) is 57.8 Å². The highest BCUT2D eigenvalue weighted by Crippen LogP contribution is 2.48. The molecule has 2 aliphatic carbocycles. The maximum Gasteiger partial charge on any atom is 0.459 e. The maximum atomic E-state index is 13.5. The van der Waals surface area contributed by atoms with E-state index < -0.39 is 30.9 Å². The van der Waals surface area contributed by atoms with E-state index in [1.54, 1.807) is 12.1 Å². The van der Waals surface area contributed by atoms with Gasteiger partial charge >= 0.3 is 18.0 Å². The average Bonchev–Trinajstić information content (AvgIpc) is 2.81. The third-order valence-electron chi connectivity index (χ3n) is 8.29. The van der Waals surface area contributed by atoms with Crippen LogP contribution in [0.5, 0.6) is 0 Å². The average molecular weight is 495 g/mol. The highest BCUT2D eigenvalue weighted by atomic mass is 19.4. The van der Waals surface area contributed by atoms with Gasteiger partial charge in [-0.2, -0.15) is 30.7 Å². The fourth-order valence-corrected chi connectivity index (χ4v) is 5.99. The van der Waals surface area contributed by atoms with Gasteiger partial charge in [0.25, 0.3) is 0 Å². The molecule has 0 unspecified atom stereocenters. The van der Waals surface area contributed by atoms with Crippen molar-refractivity contribution in [3.63, 3.8) is 0 Å². The molecule has 0 atom stereocenters. The molecule has 0 aromatic heterocycles. The minimum atomic E-state index is -6.27. The molecule has 0 nitrogen and oxygen atoms in total. The van der Waals surface area contributed by atoms with Crippen LogP contribution in [0.2, 0.25) is 0 Å². The van der Waals surface area contributed by atoms with Crippen LogP contribution in [0.3, 0.4) is 0 Å². The molecule has 0 saturated heterocycles. The van der Waals surface area contributed by atoms with Gasteiger partial charge in [-0.05, 0) is 79.7 Å². The van der Waals surface area contributed by atoms with E-state index >= 15 is 0 Å². The Morgan fingerprint density at radius 1 is 0.735 bits per heavy atom. The van der Waals surface area contributed by atoms with Crippen LogP contribution in [0.15, 0.2) is 24.3 Å². The summed E-state index contributed by atoms with van der Waals surface area (Å²) < 4.78 is 90.1. The van der Waals surface area contributed by atoms with Gasteiger partial charge in [0.2, 0.25) is 0 Å². The summed E-state index contributed by atoms with van der Waals surface area (Å²) >= 11 is 0. The van der Waals surface area contributed by atoms with Gasteiger partial charge < -0.3 is 0 Å². The van der Waals surface area contributed by atoms with Crippen molar-refractivity contribution < 1.29 is 30.7 Å². The monoisotopic (exact) mass is 494 g/mol. The third-order valence-corrected chi connectivity index (χ3v) is 8.29. The molecule has 0 spiro atoms. The van der Waals surface area contributed by atoms with Gasteiger partial charge in [0, 0.05) is 6.42 Å². The second-order valence-corrected chi connectivity index (χ2v) is 10.6. The first-order valence-electron chi connectivity index (χ1n) is 12.9. The highest BCUT2D eigenvalue weighted by molar-refractivity contribution is 5.26. The van der Waals surface area contributed by atoms with E-state index in [9.17, 15) is 30.7 Å². The summed E-state index contributed by atoms with van der Waals surface area (Å²) in [5.41, 5.74) is 1.44. The van der Waals surface area contributed by atoms with Crippen LogP contribution >= 0.6 is 0 Å². The maximum absolute atomic E-state index is 13.5. The van der Waals surface area contributed by atoms with Crippen molar-refractivity contribution >= 4 is 0 Å². The lowest BCUT2D eigenvalue weighted by Crippen LogP contribution is -2.52. The van der Waals surface area contributed by atoms with Crippen LogP contribution in [0.1, 0.15) is 101 Å². The van der Waals surface area contributed by atoms with Gasteiger partial charge in [-0.1, -0.05) is 63.3 Å². The Bertz CT molecular complexity index is 737. The normalized spacial score (nSPS) is 27.1. The molecule has 2 saturated carbocycles. The molecule has 1 aromatic rings. The summed E-state index contributed by atoms with van der Waals surface area (Å²) in [6.07, 6.45) is 5.56. The Hall–Kier alpha value is -1.27. The predicted molar refractivity (Wildman–Crippen MR) is 120 cm³/mol. The molecule has 0 aliphatic heterocycles. The van der Waals surface area contributed by atoms with Crippen molar-refractivity contribution in [2.45, 2.75) is 114 Å². The number of hydrogen-bond donors (Lipinski definition) is 0. The van der Waals surface area contributed by atoms with Crippen LogP contribution in [-0.4, -0.2) is 18.0 Å². The Kier molecular flexibility index (Phi) is 9.00. The summed E-state index contributed by atoms with van der Waals surface area (Å²) in [5.74, 6) is -8.27. The quantitative estimate of drug-likeness (QED) is 0.300. The topological polar surface area (TPSA) is 0 Å². The summed E-state index contributed by atoms with van der Waals surface area (Å²) in [4.78, 5) is 0. The largest absolute Gasteiger partial charge is 0.459 e. The van der Waals surface area contributed by atoms with E-state index in [-0.39, 0.29) is 0 Å². The second-order valence-electron chi connectivity index (χ2n) is 10.6. The van der Waals surface area contributed by atoms with Gasteiger partial charge in [-0.3, -0.25) is 0 Å². The van der Waals surface area contributed by atoms with Gasteiger partial charge in [0.15, 0.2) is 0 Å². The summed E-state index contributed by atoms with van der Waals surface area (Å²) in [6, 6.07) is 6.81. The Labute approximate surface area is 198 Å². The molecule has 2 aliphatic rings. The van der Waals surface area contributed by atoms with E-state index in [0.717, 1.165) is 36.2 Å². The number of benzene rings is 1. The molecule has 0 bridgehead atoms. The lowest BCUT2D eigenvalue weighted by molar-refractivity contribution is -0.355. The fraction of sp³-hybridized carbons (Fsp3) is 0.778. The number of alkyl halides is 7. The van der Waals surface area contributed by atoms with Crippen LogP contribution in [0.4, 0.5) is 30.7 Å². The zero-order valence-corrected chi connectivity index (χ0v) is 20.0. The first-order valence-corrected chi connectivity index (χ1v) is 12.9. The summed E-state index contributed by atoms with van der Waals surface area (Å²) in [7, 11) is 0. The third kappa shape index (κ3) is 6.48. The summed E-state index contributed by atoms with van der Waals surface area (Å²) in [6.45, 7) is 2.25. The van der Waals surface area contributed by atoms with Crippen molar-refractivity contribution in [2.24, 2.45) is 17.8 Å². The molecule has 1 aromatic carbocycles. The first-order chi connectivity index (χ1) is 15.9. The SMILES string of the molecule is CCCC[C@H]1CC[C@H](C2CCC(c3ccc(CCC(F)(F)C(F)(F)C(F)(F)F)cc3)CC2)CC1. The van der Waals surface area contributed by atoms with Crippen molar-refractivity contribution in [3.8, 4) is 0 Å². The zero-order valence-electron chi connectivity index (χ0n) is 20.0. The smallest absolute Gasteiger partial charge is 0.199 e. The molecular weight excluding hydrogens is 457 g/mol. The molecule has 2 fully saturated rings. The van der Waals surface area contributed by atoms with E-state index in [4.69, 9.17) is 0 Å². The van der Waals surface area contributed by atoms with E-state index in [0.29, 0.717) is 11.5 Å². The molecule has 0 N–H and O–H groups in total. The number of halogens is 7. The fourth-order valence-electron chi connectivity index (χ4n) is 5.99. The minimum Gasteiger partial charge on any atom is -0.199 e. The molecule has 34 heavy (non-hydrogen) atoms. The van der Waals surface area contributed by atoms with Crippen LogP contribution in [0.25, 0.3) is 0 Å². The van der Waals surface area contributed by atoms with Crippen LogP contribution < -0.4 is 0 Å². The van der Waals surface area contributed by atoms with Crippen molar-refractivity contribution in [2.75, 3.05) is 0 Å². The van der Waals surface area contributed by atoms with Gasteiger partial charge in [0.05, 0.1) is 0 Å². The number of rotatable bonds is 9. The van der Waals surface area contributed by atoms with Crippen molar-refractivity contribution in [1.29, 1.82) is 0 Å². The standard InChI is InChI=1S/C27H37F7/c1-2-3-4-19-5-9-21(10-6-19)23-13-15-24(16-14-23)22-11-7-20(8-12-22)17-18-25(28,29)26(30,31)27(32,33)34/h7-8,11-12,19,21,23-24H,2-6,9-10,13-18H2,1H3/t19-,21-,23?,24?. The Balaban J connectivity index is 1.45. The number of aryl methyl sites for hydroxylation is 1.